The van der Waals surface area contributed by atoms with Gasteiger partial charge in [0.15, 0.2) is 0 Å². The number of amides is 2. The highest BCUT2D eigenvalue weighted by Crippen LogP contribution is 2.18. The second-order valence-electron chi connectivity index (χ2n) is 7.81. The van der Waals surface area contributed by atoms with Crippen LogP contribution in [0.4, 0.5) is 4.39 Å². The van der Waals surface area contributed by atoms with E-state index in [9.17, 15) is 14.0 Å². The number of piperazine rings is 1. The van der Waals surface area contributed by atoms with Crippen molar-refractivity contribution in [1.82, 2.24) is 29.4 Å². The summed E-state index contributed by atoms with van der Waals surface area (Å²) in [5.41, 5.74) is 3.27. The number of rotatable bonds is 5. The van der Waals surface area contributed by atoms with Gasteiger partial charge in [-0.25, -0.2) is 13.9 Å². The molecule has 1 aromatic carbocycles. The predicted octanol–water partition coefficient (Wildman–Crippen LogP) is 2.06. The molecule has 168 valence electrons. The molecular weight excluding hydrogens is 431 g/mol. The van der Waals surface area contributed by atoms with Gasteiger partial charge in [-0.3, -0.25) is 9.59 Å². The van der Waals surface area contributed by atoms with Crippen molar-refractivity contribution >= 4 is 29.4 Å². The molecule has 2 amide bonds. The fourth-order valence-electron chi connectivity index (χ4n) is 3.89. The number of fused-ring (bicyclic) bond motifs is 1. The highest BCUT2D eigenvalue weighted by molar-refractivity contribution is 7.98. The van der Waals surface area contributed by atoms with Gasteiger partial charge in [-0.2, -0.15) is 4.98 Å². The largest absolute Gasteiger partial charge is 0.339 e. The number of hydrogen-bond donors (Lipinski definition) is 0. The van der Waals surface area contributed by atoms with Crippen LogP contribution in [0.2, 0.25) is 0 Å². The van der Waals surface area contributed by atoms with Crippen LogP contribution >= 0.6 is 11.8 Å². The van der Waals surface area contributed by atoms with E-state index >= 15 is 0 Å². The van der Waals surface area contributed by atoms with E-state index in [1.54, 1.807) is 26.4 Å². The van der Waals surface area contributed by atoms with Crippen molar-refractivity contribution in [2.75, 3.05) is 32.4 Å². The van der Waals surface area contributed by atoms with Crippen molar-refractivity contribution in [2.45, 2.75) is 31.8 Å². The SMILES string of the molecule is CSc1nc2nc(C)c(CC(=O)N3CCN(C(=O)Cc4ccc(F)cc4)CC3)c(C)n2n1. The summed E-state index contributed by atoms with van der Waals surface area (Å²) in [6.07, 6.45) is 2.37. The van der Waals surface area contributed by atoms with Crippen LogP contribution in [0, 0.1) is 19.7 Å². The molecule has 0 N–H and O–H groups in total. The first kappa shape index (κ1) is 22.2. The molecule has 3 aromatic rings. The van der Waals surface area contributed by atoms with Gasteiger partial charge in [0, 0.05) is 43.1 Å². The molecule has 1 fully saturated rings. The van der Waals surface area contributed by atoms with E-state index in [1.165, 1.54) is 23.9 Å². The van der Waals surface area contributed by atoms with Gasteiger partial charge >= 0.3 is 0 Å². The summed E-state index contributed by atoms with van der Waals surface area (Å²) in [6, 6.07) is 5.97. The van der Waals surface area contributed by atoms with E-state index in [0.717, 1.165) is 22.5 Å². The zero-order valence-corrected chi connectivity index (χ0v) is 19.2. The summed E-state index contributed by atoms with van der Waals surface area (Å²) in [5.74, 6) is 0.213. The monoisotopic (exact) mass is 456 g/mol. The second kappa shape index (κ2) is 9.23. The fraction of sp³-hybridized carbons (Fsp3) is 0.409. The lowest BCUT2D eigenvalue weighted by molar-refractivity contribution is -0.138. The summed E-state index contributed by atoms with van der Waals surface area (Å²) in [5, 5.41) is 5.08. The third kappa shape index (κ3) is 4.59. The van der Waals surface area contributed by atoms with E-state index < -0.39 is 0 Å². The maximum absolute atomic E-state index is 13.1. The highest BCUT2D eigenvalue weighted by Gasteiger charge is 2.25. The van der Waals surface area contributed by atoms with Gasteiger partial charge in [0.05, 0.1) is 12.8 Å². The Morgan fingerprint density at radius 3 is 2.16 bits per heavy atom. The molecule has 8 nitrogen and oxygen atoms in total. The van der Waals surface area contributed by atoms with Crippen molar-refractivity contribution in [3.8, 4) is 0 Å². The molecule has 0 saturated carbocycles. The molecule has 1 saturated heterocycles. The van der Waals surface area contributed by atoms with Gasteiger partial charge in [0.1, 0.15) is 5.82 Å². The Balaban J connectivity index is 1.37. The Morgan fingerprint density at radius 2 is 1.56 bits per heavy atom. The van der Waals surface area contributed by atoms with Gasteiger partial charge in [0.2, 0.25) is 17.0 Å². The number of thioether (sulfide) groups is 1. The first-order valence-corrected chi connectivity index (χ1v) is 11.6. The van der Waals surface area contributed by atoms with Crippen LogP contribution in [0.5, 0.6) is 0 Å². The summed E-state index contributed by atoms with van der Waals surface area (Å²) < 4.78 is 14.7. The molecular formula is C22H25FN6O2S. The van der Waals surface area contributed by atoms with Gasteiger partial charge in [-0.1, -0.05) is 23.9 Å². The molecule has 0 radical (unpaired) electrons. The molecule has 0 spiro atoms. The van der Waals surface area contributed by atoms with E-state index in [-0.39, 0.29) is 30.5 Å². The molecule has 10 heteroatoms. The summed E-state index contributed by atoms with van der Waals surface area (Å²) >= 11 is 1.45. The number of benzene rings is 1. The molecule has 1 aliphatic rings. The Morgan fingerprint density at radius 1 is 0.969 bits per heavy atom. The molecule has 0 bridgehead atoms. The Labute approximate surface area is 189 Å². The summed E-state index contributed by atoms with van der Waals surface area (Å²) in [6.45, 7) is 5.76. The van der Waals surface area contributed by atoms with Crippen LogP contribution in [0.1, 0.15) is 22.5 Å². The zero-order valence-electron chi connectivity index (χ0n) is 18.3. The summed E-state index contributed by atoms with van der Waals surface area (Å²) in [4.78, 5) is 38.0. The molecule has 3 heterocycles. The minimum atomic E-state index is -0.318. The molecule has 0 unspecified atom stereocenters. The van der Waals surface area contributed by atoms with Gasteiger partial charge in [-0.15, -0.1) is 5.10 Å². The molecule has 0 aliphatic carbocycles. The Hall–Kier alpha value is -3.01. The van der Waals surface area contributed by atoms with Crippen molar-refractivity contribution in [3.63, 3.8) is 0 Å². The molecule has 2 aromatic heterocycles. The maximum atomic E-state index is 13.1. The normalized spacial score (nSPS) is 14.2. The van der Waals surface area contributed by atoms with E-state index in [0.29, 0.717) is 37.1 Å². The Bertz CT molecular complexity index is 1160. The third-order valence-corrected chi connectivity index (χ3v) is 6.33. The van der Waals surface area contributed by atoms with Gasteiger partial charge in [0.25, 0.3) is 5.78 Å². The van der Waals surface area contributed by atoms with E-state index in [2.05, 4.69) is 15.1 Å². The van der Waals surface area contributed by atoms with Crippen LogP contribution < -0.4 is 0 Å². The van der Waals surface area contributed by atoms with E-state index in [4.69, 9.17) is 0 Å². The maximum Gasteiger partial charge on any atom is 0.253 e. The fourth-order valence-corrected chi connectivity index (χ4v) is 4.23. The molecule has 0 atom stereocenters. The summed E-state index contributed by atoms with van der Waals surface area (Å²) in [7, 11) is 0. The zero-order chi connectivity index (χ0) is 22.8. The minimum Gasteiger partial charge on any atom is -0.339 e. The molecule has 1 aliphatic heterocycles. The van der Waals surface area contributed by atoms with Crippen LogP contribution in [0.3, 0.4) is 0 Å². The quantitative estimate of drug-likeness (QED) is 0.547. The first-order chi connectivity index (χ1) is 15.4. The second-order valence-corrected chi connectivity index (χ2v) is 8.59. The standard InChI is InChI=1S/C22H25FN6O2S/c1-14-18(15(2)29-21(24-14)25-22(26-29)32-3)13-20(31)28-10-8-27(9-11-28)19(30)12-16-4-6-17(23)7-5-16/h4-7H,8-13H2,1-3H3. The number of carbonyl (C=O) groups is 2. The van der Waals surface area contributed by atoms with Gasteiger partial charge < -0.3 is 9.80 Å². The van der Waals surface area contributed by atoms with Crippen LogP contribution in [0.25, 0.3) is 5.78 Å². The number of nitrogens with zero attached hydrogens (tertiary/aromatic N) is 6. The van der Waals surface area contributed by atoms with Crippen LogP contribution in [-0.4, -0.2) is 73.6 Å². The lowest BCUT2D eigenvalue weighted by Gasteiger charge is -2.35. The van der Waals surface area contributed by atoms with Crippen molar-refractivity contribution in [2.24, 2.45) is 0 Å². The lowest BCUT2D eigenvalue weighted by atomic mass is 10.1. The topological polar surface area (TPSA) is 83.7 Å². The number of carbonyl (C=O) groups excluding carboxylic acids is 2. The number of halogens is 1. The lowest BCUT2D eigenvalue weighted by Crippen LogP contribution is -2.51. The number of aromatic nitrogens is 4. The van der Waals surface area contributed by atoms with Crippen molar-refractivity contribution < 1.29 is 14.0 Å². The predicted molar refractivity (Wildman–Crippen MR) is 119 cm³/mol. The van der Waals surface area contributed by atoms with E-state index in [1.807, 2.05) is 20.1 Å². The minimum absolute atomic E-state index is 0.00758. The highest BCUT2D eigenvalue weighted by atomic mass is 32.2. The number of hydrogen-bond acceptors (Lipinski definition) is 6. The Kier molecular flexibility index (Phi) is 6.40. The average Bonchev–Trinajstić information content (AvgIpc) is 3.21. The van der Waals surface area contributed by atoms with Crippen LogP contribution in [0.15, 0.2) is 29.4 Å². The average molecular weight is 457 g/mol. The van der Waals surface area contributed by atoms with Crippen LogP contribution in [-0.2, 0) is 22.4 Å². The van der Waals surface area contributed by atoms with Gasteiger partial charge in [-0.05, 0) is 37.8 Å². The third-order valence-electron chi connectivity index (χ3n) is 5.79. The first-order valence-electron chi connectivity index (χ1n) is 10.4. The van der Waals surface area contributed by atoms with Crippen molar-refractivity contribution in [3.05, 3.63) is 52.6 Å². The molecule has 32 heavy (non-hydrogen) atoms. The van der Waals surface area contributed by atoms with Crippen molar-refractivity contribution in [1.29, 1.82) is 0 Å². The number of aryl methyl sites for hydroxylation is 2. The molecule has 4 rings (SSSR count). The smallest absolute Gasteiger partial charge is 0.253 e.